The first kappa shape index (κ1) is 26.3. The third-order valence-electron chi connectivity index (χ3n) is 3.56. The first-order chi connectivity index (χ1) is 9.02. The van der Waals surface area contributed by atoms with E-state index in [0.29, 0.717) is 6.42 Å². The first-order valence-corrected chi connectivity index (χ1v) is 8.23. The van der Waals surface area contributed by atoms with Gasteiger partial charge >= 0.3 is 35.5 Å². The molecule has 21 heavy (non-hydrogen) atoms. The zero-order valence-electron chi connectivity index (χ0n) is 14.3. The van der Waals surface area contributed by atoms with Gasteiger partial charge in [0, 0.05) is 6.42 Å². The number of carbonyl (C=O) groups excluding carboxylic acids is 1. The van der Waals surface area contributed by atoms with Gasteiger partial charge in [-0.05, 0) is 26.7 Å². The Bertz CT molecular complexity index is 233. The van der Waals surface area contributed by atoms with E-state index in [0.717, 1.165) is 6.42 Å². The van der Waals surface area contributed by atoms with Crippen LogP contribution >= 0.6 is 0 Å². The number of esters is 1. The number of hydrogen-bond donors (Lipinski definition) is 1. The molecule has 0 saturated carbocycles. The minimum atomic E-state index is -0.284. The molecule has 0 aromatic rings. The van der Waals surface area contributed by atoms with Crippen LogP contribution in [0.4, 0.5) is 0 Å². The van der Waals surface area contributed by atoms with Crippen LogP contribution in [0.5, 0.6) is 0 Å². The molecule has 0 aromatic heterocycles. The van der Waals surface area contributed by atoms with Crippen molar-refractivity contribution < 1.29 is 9.53 Å². The Morgan fingerprint density at radius 1 is 0.857 bits per heavy atom. The average Bonchev–Trinajstić information content (AvgIpc) is 2.36. The fourth-order valence-electron chi connectivity index (χ4n) is 2.29. The van der Waals surface area contributed by atoms with E-state index in [4.69, 9.17) is 4.74 Å². The summed E-state index contributed by atoms with van der Waals surface area (Å²) in [6, 6.07) is 0. The molecule has 0 heterocycles. The van der Waals surface area contributed by atoms with Gasteiger partial charge in [-0.1, -0.05) is 65.2 Å². The molecular weight excluding hydrogens is 273 g/mol. The molecule has 0 rings (SSSR count). The topological polar surface area (TPSA) is 61.3 Å². The standard InChI is InChI=1S/C17H34O2.H3N.Na.H/c1-5-7-8-9-10-11-12-13-14-15-17(3,4)19-16(18)6-2;;;/h5-15H2,1-4H3;1H3;;. The summed E-state index contributed by atoms with van der Waals surface area (Å²) in [6.07, 6.45) is 13.5. The predicted molar refractivity (Wildman–Crippen MR) is 94.5 cm³/mol. The van der Waals surface area contributed by atoms with Crippen molar-refractivity contribution in [3.63, 3.8) is 0 Å². The normalized spacial score (nSPS) is 10.5. The van der Waals surface area contributed by atoms with Gasteiger partial charge in [0.15, 0.2) is 0 Å². The molecule has 0 aliphatic rings. The van der Waals surface area contributed by atoms with E-state index in [1.54, 1.807) is 0 Å². The molecule has 4 heteroatoms. The van der Waals surface area contributed by atoms with E-state index in [-0.39, 0.29) is 47.3 Å². The van der Waals surface area contributed by atoms with E-state index in [9.17, 15) is 4.79 Å². The summed E-state index contributed by atoms with van der Waals surface area (Å²) < 4.78 is 5.42. The van der Waals surface area contributed by atoms with Crippen LogP contribution in [0.3, 0.4) is 0 Å². The molecule has 0 fully saturated rings. The Kier molecular flexibility index (Phi) is 21.1. The molecule has 3 nitrogen and oxygen atoms in total. The second kappa shape index (κ2) is 16.8. The van der Waals surface area contributed by atoms with E-state index in [1.165, 1.54) is 57.8 Å². The Balaban J connectivity index is -0.00000162. The van der Waals surface area contributed by atoms with Crippen LogP contribution in [0, 0.1) is 0 Å². The van der Waals surface area contributed by atoms with E-state index >= 15 is 0 Å². The number of unbranched alkanes of at least 4 members (excludes halogenated alkanes) is 8. The molecular formula is C17H38NNaO2. The van der Waals surface area contributed by atoms with Crippen LogP contribution in [0.15, 0.2) is 0 Å². The molecule has 0 amide bonds. The second-order valence-corrected chi connectivity index (χ2v) is 6.17. The van der Waals surface area contributed by atoms with Crippen molar-refractivity contribution in [2.75, 3.05) is 0 Å². The third kappa shape index (κ3) is 18.4. The molecule has 0 aliphatic heterocycles. The number of hydrogen-bond acceptors (Lipinski definition) is 3. The fourth-order valence-corrected chi connectivity index (χ4v) is 2.29. The summed E-state index contributed by atoms with van der Waals surface area (Å²) in [5.74, 6) is -0.0825. The fraction of sp³-hybridized carbons (Fsp3) is 0.941. The van der Waals surface area contributed by atoms with Gasteiger partial charge in [-0.2, -0.15) is 0 Å². The molecule has 0 aliphatic carbocycles. The van der Waals surface area contributed by atoms with E-state index in [2.05, 4.69) is 6.92 Å². The summed E-state index contributed by atoms with van der Waals surface area (Å²) in [5.41, 5.74) is -0.284. The molecule has 124 valence electrons. The van der Waals surface area contributed by atoms with Crippen LogP contribution in [-0.2, 0) is 9.53 Å². The maximum absolute atomic E-state index is 11.3. The maximum atomic E-state index is 11.3. The van der Waals surface area contributed by atoms with Crippen LogP contribution in [0.2, 0.25) is 0 Å². The van der Waals surface area contributed by atoms with Gasteiger partial charge in [-0.15, -0.1) is 0 Å². The van der Waals surface area contributed by atoms with Crippen molar-refractivity contribution in [1.82, 2.24) is 6.15 Å². The second-order valence-electron chi connectivity index (χ2n) is 6.17. The van der Waals surface area contributed by atoms with Crippen molar-refractivity contribution in [1.29, 1.82) is 0 Å². The van der Waals surface area contributed by atoms with Gasteiger partial charge in [0.25, 0.3) is 0 Å². The summed E-state index contributed by atoms with van der Waals surface area (Å²) in [6.45, 7) is 8.14. The van der Waals surface area contributed by atoms with Crippen LogP contribution in [0.25, 0.3) is 0 Å². The third-order valence-corrected chi connectivity index (χ3v) is 3.56. The van der Waals surface area contributed by atoms with Gasteiger partial charge in [-0.25, -0.2) is 0 Å². The van der Waals surface area contributed by atoms with E-state index < -0.39 is 0 Å². The van der Waals surface area contributed by atoms with Crippen LogP contribution in [-0.4, -0.2) is 41.1 Å². The molecule has 0 atom stereocenters. The van der Waals surface area contributed by atoms with Gasteiger partial charge in [-0.3, -0.25) is 4.79 Å². The van der Waals surface area contributed by atoms with Crippen molar-refractivity contribution in [3.05, 3.63) is 0 Å². The average molecular weight is 311 g/mol. The molecule has 0 bridgehead atoms. The molecule has 3 N–H and O–H groups in total. The summed E-state index contributed by atoms with van der Waals surface area (Å²) in [7, 11) is 0. The molecule has 0 radical (unpaired) electrons. The minimum absolute atomic E-state index is 0. The quantitative estimate of drug-likeness (QED) is 0.308. The summed E-state index contributed by atoms with van der Waals surface area (Å²) >= 11 is 0. The van der Waals surface area contributed by atoms with Gasteiger partial charge in [0.1, 0.15) is 5.60 Å². The molecule has 0 unspecified atom stereocenters. The van der Waals surface area contributed by atoms with Gasteiger partial charge in [0.05, 0.1) is 0 Å². The van der Waals surface area contributed by atoms with Crippen molar-refractivity contribution in [2.45, 2.75) is 104 Å². The molecule has 0 spiro atoms. The zero-order valence-corrected chi connectivity index (χ0v) is 14.3. The van der Waals surface area contributed by atoms with Crippen molar-refractivity contribution in [2.24, 2.45) is 0 Å². The summed E-state index contributed by atoms with van der Waals surface area (Å²) in [4.78, 5) is 11.3. The number of carbonyl (C=O) groups is 1. The SMILES string of the molecule is CCCCCCCCCCCC(C)(C)OC(=O)CC.N.[NaH]. The first-order valence-electron chi connectivity index (χ1n) is 8.23. The van der Waals surface area contributed by atoms with Crippen LogP contribution in [0.1, 0.15) is 98.3 Å². The van der Waals surface area contributed by atoms with Gasteiger partial charge < -0.3 is 10.9 Å². The molecule has 0 aromatic carbocycles. The van der Waals surface area contributed by atoms with Crippen molar-refractivity contribution >= 4 is 35.5 Å². The monoisotopic (exact) mass is 311 g/mol. The molecule has 0 saturated heterocycles. The predicted octanol–water partition coefficient (Wildman–Crippen LogP) is 5.15. The Morgan fingerprint density at radius 3 is 1.71 bits per heavy atom. The van der Waals surface area contributed by atoms with Crippen molar-refractivity contribution in [3.8, 4) is 0 Å². The van der Waals surface area contributed by atoms with E-state index in [1.807, 2.05) is 20.8 Å². The number of rotatable bonds is 12. The van der Waals surface area contributed by atoms with Gasteiger partial charge in [0.2, 0.25) is 0 Å². The van der Waals surface area contributed by atoms with Crippen LogP contribution < -0.4 is 6.15 Å². The zero-order chi connectivity index (χ0) is 14.6. The summed E-state index contributed by atoms with van der Waals surface area (Å²) in [5, 5.41) is 0. The Labute approximate surface area is 154 Å². The number of ether oxygens (including phenoxy) is 1. The Morgan fingerprint density at radius 2 is 1.29 bits per heavy atom. The Hall–Kier alpha value is 0.430.